The van der Waals surface area contributed by atoms with E-state index in [-0.39, 0.29) is 61.7 Å². The van der Waals surface area contributed by atoms with Gasteiger partial charge in [-0.3, -0.25) is 0 Å². The summed E-state index contributed by atoms with van der Waals surface area (Å²) in [6.45, 7) is 0. The summed E-state index contributed by atoms with van der Waals surface area (Å²) in [6, 6.07) is 27.8. The molecule has 4 rings (SSSR count). The molecule has 43 heavy (non-hydrogen) atoms. The van der Waals surface area contributed by atoms with Crippen molar-refractivity contribution < 1.29 is 109 Å². The van der Waals surface area contributed by atoms with Gasteiger partial charge in [0.2, 0.25) is 0 Å². The van der Waals surface area contributed by atoms with Crippen LogP contribution in [0.1, 0.15) is 0 Å². The quantitative estimate of drug-likeness (QED) is 0.129. The number of hydrogen-bond acceptors (Lipinski definition) is 1. The van der Waals surface area contributed by atoms with Crippen LogP contribution in [-0.4, -0.2) is 35.9 Å². The molecule has 2 unspecified atom stereocenters. The number of benzene rings is 3. The molecule has 1 nitrogen and oxygen atoms in total. The van der Waals surface area contributed by atoms with E-state index in [1.54, 1.807) is 0 Å². The molecule has 3 aromatic carbocycles. The van der Waals surface area contributed by atoms with Crippen LogP contribution in [0.15, 0.2) is 103 Å². The highest BCUT2D eigenvalue weighted by molar-refractivity contribution is 6.50. The van der Waals surface area contributed by atoms with Crippen molar-refractivity contribution >= 4 is 14.5 Å². The van der Waals surface area contributed by atoms with E-state index in [0.717, 1.165) is 12.1 Å². The molecule has 0 radical (unpaired) electrons. The number of hydrogen-bond donors (Lipinski definition) is 0. The van der Waals surface area contributed by atoms with Crippen molar-refractivity contribution in [2.75, 3.05) is 0 Å². The fourth-order valence-corrected chi connectivity index (χ4v) is 5.52. The molecule has 1 aliphatic carbocycles. The lowest BCUT2D eigenvalue weighted by atomic mass is 9.92. The lowest BCUT2D eigenvalue weighted by Gasteiger charge is -2.39. The van der Waals surface area contributed by atoms with E-state index >= 15 is 0 Å². The van der Waals surface area contributed by atoms with Crippen LogP contribution in [0.2, 0.25) is 0 Å². The van der Waals surface area contributed by atoms with Crippen LogP contribution in [0.5, 0.6) is 5.75 Å². The van der Waals surface area contributed by atoms with Crippen LogP contribution in [0.4, 0.5) is 60.9 Å². The first-order chi connectivity index (χ1) is 19.5. The minimum absolute atomic E-state index is 0.0140. The zero-order valence-electron chi connectivity index (χ0n) is 21.0. The average molecular weight is 864 g/mol. The highest BCUT2D eigenvalue weighted by Gasteiger charge is 2.84. The highest BCUT2D eigenvalue weighted by atomic mass is 127. The molecule has 2 atom stereocenters. The van der Waals surface area contributed by atoms with Gasteiger partial charge in [-0.25, -0.2) is 0 Å². The molecule has 0 spiro atoms. The number of rotatable bonds is 4. The Morgan fingerprint density at radius 3 is 1.19 bits per heavy atom. The zero-order chi connectivity index (χ0) is 33.2. The van der Waals surface area contributed by atoms with Crippen LogP contribution in [0.3, 0.4) is 0 Å². The molecule has 0 saturated carbocycles. The van der Waals surface area contributed by atoms with Gasteiger partial charge in [0.15, 0.2) is 7.14 Å². The topological polar surface area (TPSA) is 9.23 Å². The van der Waals surface area contributed by atoms with Gasteiger partial charge in [0.1, 0.15) is 5.75 Å². The maximum Gasteiger partial charge on any atom is 0.673 e. The Labute approximate surface area is 260 Å². The summed E-state index contributed by atoms with van der Waals surface area (Å²) < 4.78 is 164. The molecule has 19 heteroatoms. The maximum atomic E-state index is 14.2. The van der Waals surface area contributed by atoms with Gasteiger partial charge < -0.3 is 39.3 Å². The second-order valence-electron chi connectivity index (χ2n) is 7.86. The Bertz CT molecular complexity index is 1200. The van der Waals surface area contributed by atoms with Gasteiger partial charge in [0.05, 0.1) is 0 Å². The lowest BCUT2D eigenvalue weighted by molar-refractivity contribution is -0.597. The summed E-state index contributed by atoms with van der Waals surface area (Å²) in [5.41, 5.74) is 0. The molecule has 0 fully saturated rings. The summed E-state index contributed by atoms with van der Waals surface area (Å²) in [6.07, 6.45) is 0.0394. The first-order valence-corrected chi connectivity index (χ1v) is 14.6. The Hall–Kier alpha value is -2.19. The molecule has 0 N–H and O–H groups in total. The molecule has 0 amide bonds. The van der Waals surface area contributed by atoms with Gasteiger partial charge in [-0.1, -0.05) is 54.6 Å². The van der Waals surface area contributed by atoms with Crippen molar-refractivity contribution in [1.82, 2.24) is 0 Å². The van der Waals surface area contributed by atoms with Crippen molar-refractivity contribution in [3.63, 3.8) is 0 Å². The van der Waals surface area contributed by atoms with Crippen LogP contribution in [0.25, 0.3) is 0 Å². The first kappa shape index (κ1) is 38.8. The van der Waals surface area contributed by atoms with E-state index in [0.29, 0.717) is 0 Å². The van der Waals surface area contributed by atoms with Gasteiger partial charge in [-0.05, 0) is 36.4 Å². The summed E-state index contributed by atoms with van der Waals surface area (Å²) in [5.74, 6) is -15.1. The molecule has 0 bridgehead atoms. The van der Waals surface area contributed by atoms with Crippen molar-refractivity contribution in [2.45, 2.75) is 21.4 Å². The smallest absolute Gasteiger partial charge is 0.449 e. The molecule has 0 saturated heterocycles. The van der Waals surface area contributed by atoms with E-state index in [4.69, 9.17) is 0 Å². The Kier molecular flexibility index (Phi) is 14.2. The minimum atomic E-state index is -6.00. The van der Waals surface area contributed by atoms with Gasteiger partial charge in [0.25, 0.3) is 0 Å². The van der Waals surface area contributed by atoms with E-state index in [1.807, 2.05) is 0 Å². The zero-order valence-corrected chi connectivity index (χ0v) is 25.4. The Morgan fingerprint density at radius 2 is 0.837 bits per heavy atom. The normalized spacial score (nSPS) is 21.9. The van der Waals surface area contributed by atoms with Crippen molar-refractivity contribution in [3.8, 4) is 5.75 Å². The van der Waals surface area contributed by atoms with Gasteiger partial charge in [0, 0.05) is 12.2 Å². The van der Waals surface area contributed by atoms with Gasteiger partial charge in [-0.15, -0.1) is 0 Å². The number of halogens is 16. The predicted octanol–water partition coefficient (Wildman–Crippen LogP) is 2.94. The van der Waals surface area contributed by atoms with Crippen LogP contribution in [0, 0.1) is 7.14 Å². The third-order valence-electron chi connectivity index (χ3n) is 4.46. The lowest BCUT2D eigenvalue weighted by Crippen LogP contribution is -3.61. The third-order valence-corrected chi connectivity index (χ3v) is 8.26. The monoisotopic (exact) mass is 864 g/mol. The fourth-order valence-electron chi connectivity index (χ4n) is 2.69. The molecular weight excluding hydrogens is 846 g/mol. The Morgan fingerprint density at radius 1 is 0.512 bits per heavy atom. The number of ether oxygens (including phenoxy) is 1. The van der Waals surface area contributed by atoms with Crippen molar-refractivity contribution in [2.24, 2.45) is 0 Å². The van der Waals surface area contributed by atoms with Gasteiger partial charge in [-0.2, -0.15) is 26.3 Å². The van der Waals surface area contributed by atoms with Crippen LogP contribution < -0.4 is 48.5 Å². The molecule has 0 aromatic heterocycles. The number of alkyl halides is 7. The van der Waals surface area contributed by atoms with Crippen molar-refractivity contribution in [3.05, 3.63) is 110 Å². The second kappa shape index (κ2) is 15.7. The van der Waals surface area contributed by atoms with Crippen molar-refractivity contribution in [1.29, 1.82) is 0 Å². The molecule has 0 aliphatic heterocycles. The SMILES string of the molecule is FC1([IH+])C=CC(F)(Oc2ccccc2)C(F)(F)C1(F)F.F[B-](F)(F)F.F[B-](F)(F)F.c1ccc([I+]c2ccccc2)cc1. The first-order valence-electron chi connectivity index (χ1n) is 11.3. The van der Waals surface area contributed by atoms with E-state index in [1.165, 1.54) is 25.3 Å². The molecule has 238 valence electrons. The molecule has 0 heterocycles. The standard InChI is InChI=1S/C12H8F6IO.C12H10I.2BF4/c13-9(19)6-7-10(14,12(17,18)11(9,15)16)20-8-4-2-1-3-5-8;1-3-7-11(8-4-1)13-12-9-5-2-6-10-12;2*2-1(3,4)5/h1-7,19H;1-10H;;/q2*+1;2*-1. The predicted molar refractivity (Wildman–Crippen MR) is 126 cm³/mol. The minimum Gasteiger partial charge on any atom is -0.449 e. The summed E-state index contributed by atoms with van der Waals surface area (Å²) >= 11 is 0.194. The summed E-state index contributed by atoms with van der Waals surface area (Å²) in [4.78, 5) is 0. The van der Waals surface area contributed by atoms with E-state index < -0.39 is 35.9 Å². The number of para-hydroxylation sites is 1. The summed E-state index contributed by atoms with van der Waals surface area (Å²) in [5, 5.41) is 0. The number of allylic oxidation sites excluding steroid dienone is 1. The second-order valence-corrected chi connectivity index (χ2v) is 12.6. The van der Waals surface area contributed by atoms with Crippen LogP contribution >= 0.6 is 0 Å². The average Bonchev–Trinajstić information content (AvgIpc) is 2.87. The fraction of sp³-hybridized carbons (Fsp3) is 0.167. The molecular formula is C24H18B2F14I2O. The highest BCUT2D eigenvalue weighted by Crippen LogP contribution is 2.53. The van der Waals surface area contributed by atoms with Gasteiger partial charge >= 0.3 is 79.7 Å². The molecule has 3 aromatic rings. The Balaban J connectivity index is 0.000000342. The maximum absolute atomic E-state index is 14.2. The molecule has 1 aliphatic rings. The van der Waals surface area contributed by atoms with Crippen LogP contribution in [-0.2, 0) is 0 Å². The van der Waals surface area contributed by atoms with E-state index in [2.05, 4.69) is 65.4 Å². The largest absolute Gasteiger partial charge is 0.673 e. The van der Waals surface area contributed by atoms with E-state index in [9.17, 15) is 60.9 Å². The summed E-state index contributed by atoms with van der Waals surface area (Å²) in [7, 11) is -12.0. The third kappa shape index (κ3) is 13.5.